The van der Waals surface area contributed by atoms with Crippen LogP contribution in [-0.4, -0.2) is 70.3 Å². The minimum Gasteiger partial charge on any atom is -0.392 e. The van der Waals surface area contributed by atoms with Crippen molar-refractivity contribution in [2.75, 3.05) is 17.7 Å². The van der Waals surface area contributed by atoms with Crippen LogP contribution in [0.1, 0.15) is 19.5 Å². The minimum absolute atomic E-state index is 0.0615. The Balaban J connectivity index is 2.15. The van der Waals surface area contributed by atoms with Crippen LogP contribution < -0.4 is 10.6 Å². The summed E-state index contributed by atoms with van der Waals surface area (Å²) in [5.74, 6) is -2.61. The van der Waals surface area contributed by atoms with Crippen molar-refractivity contribution < 1.29 is 32.2 Å². The Labute approximate surface area is 168 Å². The van der Waals surface area contributed by atoms with Crippen LogP contribution in [0, 0.1) is 0 Å². The van der Waals surface area contributed by atoms with Crippen molar-refractivity contribution in [2.45, 2.75) is 26.0 Å². The number of nitrogens with one attached hydrogen (secondary N) is 2. The zero-order valence-electron chi connectivity index (χ0n) is 14.6. The van der Waals surface area contributed by atoms with Crippen LogP contribution in [-0.2, 0) is 29.5 Å². The van der Waals surface area contributed by atoms with E-state index in [1.54, 1.807) is 13.8 Å². The maximum Gasteiger partial charge on any atom is 0.362 e. The second-order valence-corrected chi connectivity index (χ2v) is 8.15. The van der Waals surface area contributed by atoms with E-state index in [-0.39, 0.29) is 32.8 Å². The average Bonchev–Trinajstić information content (AvgIpc) is 3.04. The van der Waals surface area contributed by atoms with E-state index in [1.807, 2.05) is 0 Å². The van der Waals surface area contributed by atoms with Crippen molar-refractivity contribution in [1.82, 2.24) is 14.6 Å². The monoisotopic (exact) mass is 453 g/mol. The molecule has 1 atom stereocenters. The van der Waals surface area contributed by atoms with Crippen LogP contribution in [0.4, 0.5) is 5.13 Å². The Hall–Kier alpha value is -2.29. The van der Waals surface area contributed by atoms with Gasteiger partial charge in [0.15, 0.2) is 10.8 Å². The number of nitrogens with zero attached hydrogens (tertiary/aromatic N) is 3. The fraction of sp³-hybridized carbons (Fsp3) is 0.462. The van der Waals surface area contributed by atoms with Gasteiger partial charge in [0, 0.05) is 5.38 Å². The van der Waals surface area contributed by atoms with E-state index in [4.69, 9.17) is 21.0 Å². The first kappa shape index (κ1) is 22.0. The number of β-lactam (4-membered cyclic amide) rings is 1. The summed E-state index contributed by atoms with van der Waals surface area (Å²) in [6.07, 6.45) is -0.364. The second kappa shape index (κ2) is 8.81. The smallest absolute Gasteiger partial charge is 0.362 e. The zero-order chi connectivity index (χ0) is 21.1. The summed E-state index contributed by atoms with van der Waals surface area (Å²) in [7, 11) is -4.67. The van der Waals surface area contributed by atoms with Gasteiger partial charge in [0.2, 0.25) is 5.91 Å². The molecule has 3 amide bonds. The molecule has 1 aliphatic rings. The van der Waals surface area contributed by atoms with Crippen molar-refractivity contribution in [3.05, 3.63) is 11.1 Å². The van der Waals surface area contributed by atoms with E-state index in [2.05, 4.69) is 20.8 Å². The number of rotatable bonds is 8. The number of aromatic nitrogens is 1. The van der Waals surface area contributed by atoms with Gasteiger partial charge in [-0.3, -0.25) is 18.9 Å². The van der Waals surface area contributed by atoms with Crippen molar-refractivity contribution >= 4 is 61.8 Å². The van der Waals surface area contributed by atoms with Crippen LogP contribution in [0.2, 0.25) is 0 Å². The van der Waals surface area contributed by atoms with E-state index < -0.39 is 40.6 Å². The normalized spacial score (nSPS) is 17.3. The molecule has 0 aromatic carbocycles. The molecule has 15 heteroatoms. The van der Waals surface area contributed by atoms with Crippen molar-refractivity contribution in [3.8, 4) is 0 Å². The topological polar surface area (TPSA) is 167 Å². The van der Waals surface area contributed by atoms with Crippen LogP contribution in [0.5, 0.6) is 0 Å². The van der Waals surface area contributed by atoms with Gasteiger partial charge in [-0.25, -0.2) is 9.29 Å². The van der Waals surface area contributed by atoms with E-state index in [1.165, 1.54) is 5.38 Å². The highest BCUT2D eigenvalue weighted by Crippen LogP contribution is 2.18. The molecule has 2 heterocycles. The van der Waals surface area contributed by atoms with Gasteiger partial charge in [-0.15, -0.1) is 22.9 Å². The van der Waals surface area contributed by atoms with E-state index in [0.717, 1.165) is 11.3 Å². The highest BCUT2D eigenvalue weighted by atomic mass is 35.5. The molecular formula is C13H16ClN5O7S2. The Bertz CT molecular complexity index is 914. The number of hydrogen-bond donors (Lipinski definition) is 3. The summed E-state index contributed by atoms with van der Waals surface area (Å²) in [5.41, 5.74) is -0.221. The Morgan fingerprint density at radius 3 is 2.75 bits per heavy atom. The SMILES string of the molecule is CC(C)O/N=C(/C(=O)NC1CN(S(=O)(=O)O)C1=O)c1csc(NC(=O)CCl)n1. The predicted molar refractivity (Wildman–Crippen MR) is 99.4 cm³/mol. The Morgan fingerprint density at radius 2 is 2.21 bits per heavy atom. The molecule has 3 N–H and O–H groups in total. The molecule has 12 nitrogen and oxygen atoms in total. The molecule has 1 fully saturated rings. The molecule has 1 unspecified atom stereocenters. The third-order valence-corrected chi connectivity index (χ3v) is 5.05. The lowest BCUT2D eigenvalue weighted by molar-refractivity contribution is -0.139. The lowest BCUT2D eigenvalue weighted by Gasteiger charge is -2.35. The van der Waals surface area contributed by atoms with Crippen molar-refractivity contribution in [2.24, 2.45) is 5.16 Å². The minimum atomic E-state index is -4.67. The van der Waals surface area contributed by atoms with Crippen molar-refractivity contribution in [1.29, 1.82) is 0 Å². The van der Waals surface area contributed by atoms with Crippen LogP contribution in [0.25, 0.3) is 0 Å². The predicted octanol–water partition coefficient (Wildman–Crippen LogP) is -0.421. The highest BCUT2D eigenvalue weighted by molar-refractivity contribution is 7.84. The third kappa shape index (κ3) is 5.37. The number of halogens is 1. The molecule has 0 radical (unpaired) electrons. The number of oxime groups is 1. The molecular weight excluding hydrogens is 438 g/mol. The summed E-state index contributed by atoms with van der Waals surface area (Å²) in [6.45, 7) is 2.92. The first-order chi connectivity index (χ1) is 13.0. The number of alkyl halides is 1. The highest BCUT2D eigenvalue weighted by Gasteiger charge is 2.45. The summed E-state index contributed by atoms with van der Waals surface area (Å²) >= 11 is 6.41. The number of amides is 3. The molecule has 154 valence electrons. The van der Waals surface area contributed by atoms with Gasteiger partial charge in [0.1, 0.15) is 23.7 Å². The third-order valence-electron chi connectivity index (χ3n) is 3.16. The number of thiazole rings is 1. The van der Waals surface area contributed by atoms with Crippen LogP contribution in [0.15, 0.2) is 10.5 Å². The Kier molecular flexibility index (Phi) is 6.92. The van der Waals surface area contributed by atoms with Gasteiger partial charge in [-0.05, 0) is 13.8 Å². The van der Waals surface area contributed by atoms with E-state index in [9.17, 15) is 22.8 Å². The molecule has 1 saturated heterocycles. The molecule has 1 aromatic rings. The quantitative estimate of drug-likeness (QED) is 0.157. The fourth-order valence-corrected chi connectivity index (χ4v) is 3.36. The molecule has 0 bridgehead atoms. The molecule has 1 aromatic heterocycles. The summed E-state index contributed by atoms with van der Waals surface area (Å²) in [4.78, 5) is 44.7. The molecule has 1 aliphatic heterocycles. The van der Waals surface area contributed by atoms with Gasteiger partial charge >= 0.3 is 10.3 Å². The maximum absolute atomic E-state index is 12.5. The molecule has 0 spiro atoms. The first-order valence-corrected chi connectivity index (χ1v) is 10.5. The number of hydrogen-bond acceptors (Lipinski definition) is 9. The largest absolute Gasteiger partial charge is 0.392 e. The number of carbonyl (C=O) groups is 3. The van der Waals surface area contributed by atoms with Gasteiger partial charge in [-0.2, -0.15) is 8.42 Å². The fourth-order valence-electron chi connectivity index (χ4n) is 1.89. The summed E-state index contributed by atoms with van der Waals surface area (Å²) < 4.78 is 31.0. The number of anilines is 1. The van der Waals surface area contributed by atoms with Crippen LogP contribution >= 0.6 is 22.9 Å². The summed E-state index contributed by atoms with van der Waals surface area (Å²) in [6, 6.07) is -1.16. The lowest BCUT2D eigenvalue weighted by atomic mass is 10.1. The first-order valence-electron chi connectivity index (χ1n) is 7.68. The van der Waals surface area contributed by atoms with E-state index >= 15 is 0 Å². The Morgan fingerprint density at radius 1 is 1.54 bits per heavy atom. The second-order valence-electron chi connectivity index (χ2n) is 5.69. The van der Waals surface area contributed by atoms with Gasteiger partial charge in [-0.1, -0.05) is 5.16 Å². The van der Waals surface area contributed by atoms with Gasteiger partial charge in [0.25, 0.3) is 11.8 Å². The van der Waals surface area contributed by atoms with E-state index in [0.29, 0.717) is 0 Å². The molecule has 0 aliphatic carbocycles. The average molecular weight is 454 g/mol. The standard InChI is InChI=1S/C13H16ClN5O7S2/c1-6(2)26-18-10(8-5-27-13(16-8)17-9(20)3-14)11(21)15-7-4-19(12(7)22)28(23,24)25/h5-7H,3-4H2,1-2H3,(H,15,21)(H,16,17,20)(H,23,24,25)/b18-10+. The molecule has 2 rings (SSSR count). The van der Waals surface area contributed by atoms with Crippen LogP contribution in [0.3, 0.4) is 0 Å². The molecule has 0 saturated carbocycles. The van der Waals surface area contributed by atoms with Gasteiger partial charge in [0.05, 0.1) is 6.54 Å². The number of carbonyl (C=O) groups excluding carboxylic acids is 3. The van der Waals surface area contributed by atoms with Gasteiger partial charge < -0.3 is 15.5 Å². The zero-order valence-corrected chi connectivity index (χ0v) is 17.0. The van der Waals surface area contributed by atoms with Crippen molar-refractivity contribution in [3.63, 3.8) is 0 Å². The molecule has 28 heavy (non-hydrogen) atoms. The lowest BCUT2D eigenvalue weighted by Crippen LogP contribution is -2.65. The maximum atomic E-state index is 12.5. The summed E-state index contributed by atoms with van der Waals surface area (Å²) in [5, 5.41) is 10.0.